The maximum absolute atomic E-state index is 12.2. The van der Waals surface area contributed by atoms with Crippen molar-refractivity contribution in [2.45, 2.75) is 45.6 Å². The topological polar surface area (TPSA) is 68.0 Å². The lowest BCUT2D eigenvalue weighted by Crippen LogP contribution is -2.38. The Kier molecular flexibility index (Phi) is 5.12. The summed E-state index contributed by atoms with van der Waals surface area (Å²) in [6.45, 7) is 4.35. The second kappa shape index (κ2) is 6.84. The van der Waals surface area contributed by atoms with E-state index in [1.165, 1.54) is 0 Å². The van der Waals surface area contributed by atoms with Crippen molar-refractivity contribution in [3.05, 3.63) is 24.5 Å². The van der Waals surface area contributed by atoms with Gasteiger partial charge in [0.25, 0.3) is 0 Å². The zero-order valence-electron chi connectivity index (χ0n) is 12.4. The van der Waals surface area contributed by atoms with Crippen molar-refractivity contribution in [1.29, 1.82) is 0 Å². The maximum atomic E-state index is 12.2. The number of nitrogens with zero attached hydrogens (tertiary/aromatic N) is 1. The number of aromatic nitrogens is 1. The molecule has 4 nitrogen and oxygen atoms in total. The van der Waals surface area contributed by atoms with Crippen LogP contribution in [0.15, 0.2) is 24.5 Å². The Balaban J connectivity index is 1.83. The highest BCUT2D eigenvalue weighted by molar-refractivity contribution is 5.92. The third-order valence-corrected chi connectivity index (χ3v) is 4.40. The Morgan fingerprint density at radius 1 is 1.25 bits per heavy atom. The Morgan fingerprint density at radius 2 is 1.85 bits per heavy atom. The van der Waals surface area contributed by atoms with Crippen molar-refractivity contribution in [3.63, 3.8) is 0 Å². The van der Waals surface area contributed by atoms with Crippen molar-refractivity contribution >= 4 is 11.6 Å². The van der Waals surface area contributed by atoms with Gasteiger partial charge in [0, 0.05) is 30.0 Å². The minimum atomic E-state index is 0.124. The van der Waals surface area contributed by atoms with Crippen LogP contribution in [0.1, 0.15) is 39.5 Å². The van der Waals surface area contributed by atoms with Crippen LogP contribution in [0.25, 0.3) is 0 Å². The van der Waals surface area contributed by atoms with Gasteiger partial charge in [0.15, 0.2) is 0 Å². The fraction of sp³-hybridized carbons (Fsp3) is 0.625. The predicted molar refractivity (Wildman–Crippen MR) is 81.1 cm³/mol. The highest BCUT2D eigenvalue weighted by Crippen LogP contribution is 2.32. The monoisotopic (exact) mass is 275 g/mol. The molecular formula is C16H25N3O. The van der Waals surface area contributed by atoms with E-state index < -0.39 is 0 Å². The number of amides is 1. The van der Waals surface area contributed by atoms with Gasteiger partial charge in [-0.05, 0) is 49.7 Å². The van der Waals surface area contributed by atoms with E-state index in [2.05, 4.69) is 24.1 Å². The van der Waals surface area contributed by atoms with E-state index in [0.717, 1.165) is 31.4 Å². The first-order valence-corrected chi connectivity index (χ1v) is 7.54. The molecule has 1 saturated carbocycles. The zero-order chi connectivity index (χ0) is 14.5. The zero-order valence-corrected chi connectivity index (χ0v) is 12.4. The van der Waals surface area contributed by atoms with E-state index in [0.29, 0.717) is 11.8 Å². The van der Waals surface area contributed by atoms with Gasteiger partial charge in [0.1, 0.15) is 0 Å². The summed E-state index contributed by atoms with van der Waals surface area (Å²) in [4.78, 5) is 16.2. The largest absolute Gasteiger partial charge is 0.327 e. The number of hydrogen-bond acceptors (Lipinski definition) is 3. The molecule has 4 heteroatoms. The standard InChI is InChI=1S/C16H25N3O/c1-11(2)15(17)12-3-5-13(6-4-12)16(20)19-14-7-9-18-10-8-14/h7-13,15H,3-6,17H2,1-2H3,(H,18,19,20). The van der Waals surface area contributed by atoms with E-state index in [1.54, 1.807) is 12.4 Å². The van der Waals surface area contributed by atoms with Crippen LogP contribution in [-0.4, -0.2) is 16.9 Å². The molecule has 0 spiro atoms. The lowest BCUT2D eigenvalue weighted by molar-refractivity contribution is -0.121. The summed E-state index contributed by atoms with van der Waals surface area (Å²) >= 11 is 0. The van der Waals surface area contributed by atoms with Gasteiger partial charge in [-0.3, -0.25) is 9.78 Å². The molecule has 0 aromatic carbocycles. The molecule has 1 aliphatic carbocycles. The molecule has 0 saturated heterocycles. The molecule has 0 radical (unpaired) electrons. The number of pyridine rings is 1. The SMILES string of the molecule is CC(C)C(N)C1CCC(C(=O)Nc2ccncc2)CC1. The number of nitrogens with one attached hydrogen (secondary N) is 1. The van der Waals surface area contributed by atoms with E-state index >= 15 is 0 Å². The van der Waals surface area contributed by atoms with Crippen LogP contribution in [0.2, 0.25) is 0 Å². The van der Waals surface area contributed by atoms with Crippen LogP contribution in [0.3, 0.4) is 0 Å². The summed E-state index contributed by atoms with van der Waals surface area (Å²) < 4.78 is 0. The summed E-state index contributed by atoms with van der Waals surface area (Å²) in [5, 5.41) is 2.97. The Morgan fingerprint density at radius 3 is 2.40 bits per heavy atom. The first kappa shape index (κ1) is 15.0. The highest BCUT2D eigenvalue weighted by Gasteiger charge is 2.30. The number of hydrogen-bond donors (Lipinski definition) is 2. The Labute approximate surface area is 121 Å². The summed E-state index contributed by atoms with van der Waals surface area (Å²) in [5.74, 6) is 1.34. The van der Waals surface area contributed by atoms with Crippen LogP contribution in [0.4, 0.5) is 5.69 Å². The number of rotatable bonds is 4. The first-order chi connectivity index (χ1) is 9.58. The Hall–Kier alpha value is -1.42. The van der Waals surface area contributed by atoms with Gasteiger partial charge in [-0.1, -0.05) is 13.8 Å². The Bertz CT molecular complexity index is 425. The van der Waals surface area contributed by atoms with Crippen LogP contribution in [-0.2, 0) is 4.79 Å². The lowest BCUT2D eigenvalue weighted by Gasteiger charge is -2.33. The first-order valence-electron chi connectivity index (χ1n) is 7.54. The fourth-order valence-electron chi connectivity index (χ4n) is 2.99. The van der Waals surface area contributed by atoms with Crippen LogP contribution in [0, 0.1) is 17.8 Å². The third-order valence-electron chi connectivity index (χ3n) is 4.40. The van der Waals surface area contributed by atoms with E-state index in [9.17, 15) is 4.79 Å². The van der Waals surface area contributed by atoms with Gasteiger partial charge in [-0.2, -0.15) is 0 Å². The van der Waals surface area contributed by atoms with Gasteiger partial charge in [0.2, 0.25) is 5.91 Å². The van der Waals surface area contributed by atoms with Gasteiger partial charge < -0.3 is 11.1 Å². The predicted octanol–water partition coefficient (Wildman–Crippen LogP) is 2.81. The lowest BCUT2D eigenvalue weighted by atomic mass is 9.76. The molecule has 2 rings (SSSR count). The van der Waals surface area contributed by atoms with Crippen LogP contribution >= 0.6 is 0 Å². The molecule has 1 fully saturated rings. The smallest absolute Gasteiger partial charge is 0.227 e. The van der Waals surface area contributed by atoms with Gasteiger partial charge >= 0.3 is 0 Å². The summed E-state index contributed by atoms with van der Waals surface area (Å²) in [5.41, 5.74) is 7.05. The maximum Gasteiger partial charge on any atom is 0.227 e. The van der Waals surface area contributed by atoms with Gasteiger partial charge in [-0.15, -0.1) is 0 Å². The number of anilines is 1. The number of nitrogens with two attached hydrogens (primary N) is 1. The molecule has 20 heavy (non-hydrogen) atoms. The molecule has 1 atom stereocenters. The summed E-state index contributed by atoms with van der Waals surface area (Å²) in [6, 6.07) is 3.90. The van der Waals surface area contributed by atoms with Crippen molar-refractivity contribution in [2.75, 3.05) is 5.32 Å². The fourth-order valence-corrected chi connectivity index (χ4v) is 2.99. The van der Waals surface area contributed by atoms with Crippen molar-refractivity contribution < 1.29 is 4.79 Å². The summed E-state index contributed by atoms with van der Waals surface area (Å²) in [6.07, 6.45) is 7.40. The minimum absolute atomic E-state index is 0.124. The second-order valence-corrected chi connectivity index (χ2v) is 6.16. The molecule has 1 aromatic heterocycles. The van der Waals surface area contributed by atoms with Crippen LogP contribution in [0.5, 0.6) is 0 Å². The average Bonchev–Trinajstić information content (AvgIpc) is 2.47. The van der Waals surface area contributed by atoms with Gasteiger partial charge in [-0.25, -0.2) is 0 Å². The third kappa shape index (κ3) is 3.79. The molecule has 110 valence electrons. The van der Waals surface area contributed by atoms with E-state index in [1.807, 2.05) is 12.1 Å². The quantitative estimate of drug-likeness (QED) is 0.888. The number of carbonyl (C=O) groups excluding carboxylic acids is 1. The molecule has 1 heterocycles. The highest BCUT2D eigenvalue weighted by atomic mass is 16.1. The summed E-state index contributed by atoms with van der Waals surface area (Å²) in [7, 11) is 0. The normalized spacial score (nSPS) is 24.4. The minimum Gasteiger partial charge on any atom is -0.327 e. The molecule has 0 bridgehead atoms. The molecule has 1 aromatic rings. The van der Waals surface area contributed by atoms with E-state index in [4.69, 9.17) is 5.73 Å². The number of carbonyl (C=O) groups is 1. The average molecular weight is 275 g/mol. The second-order valence-electron chi connectivity index (χ2n) is 6.16. The molecular weight excluding hydrogens is 250 g/mol. The van der Waals surface area contributed by atoms with Crippen LogP contribution < -0.4 is 11.1 Å². The van der Waals surface area contributed by atoms with Crippen molar-refractivity contribution in [3.8, 4) is 0 Å². The van der Waals surface area contributed by atoms with Gasteiger partial charge in [0.05, 0.1) is 0 Å². The van der Waals surface area contributed by atoms with Crippen molar-refractivity contribution in [1.82, 2.24) is 4.98 Å². The van der Waals surface area contributed by atoms with E-state index in [-0.39, 0.29) is 17.9 Å². The van der Waals surface area contributed by atoms with Crippen molar-refractivity contribution in [2.24, 2.45) is 23.5 Å². The molecule has 3 N–H and O–H groups in total. The molecule has 1 amide bonds. The molecule has 0 aliphatic heterocycles. The molecule has 1 aliphatic rings. The molecule has 1 unspecified atom stereocenters.